The topological polar surface area (TPSA) is 112 Å². The van der Waals surface area contributed by atoms with E-state index in [2.05, 4.69) is 15.5 Å². The van der Waals surface area contributed by atoms with Crippen LogP contribution in [0.5, 0.6) is 0 Å². The quantitative estimate of drug-likeness (QED) is 0.279. The molecule has 0 radical (unpaired) electrons. The number of urea groups is 1. The summed E-state index contributed by atoms with van der Waals surface area (Å²) in [5.74, 6) is -2.70. The highest BCUT2D eigenvalue weighted by atomic mass is 19.4. The highest BCUT2D eigenvalue weighted by Crippen LogP contribution is 2.31. The van der Waals surface area contributed by atoms with E-state index in [0.29, 0.717) is 26.2 Å². The first-order chi connectivity index (χ1) is 20.5. The summed E-state index contributed by atoms with van der Waals surface area (Å²) in [6.45, 7) is 1.58. The molecule has 0 aliphatic carbocycles. The predicted octanol–water partition coefficient (Wildman–Crippen LogP) is 5.23. The summed E-state index contributed by atoms with van der Waals surface area (Å²) in [4.78, 5) is 32.3. The maximum Gasteiger partial charge on any atom is 0.416 e. The van der Waals surface area contributed by atoms with Crippen molar-refractivity contribution in [3.63, 3.8) is 0 Å². The van der Waals surface area contributed by atoms with Crippen LogP contribution in [0.2, 0.25) is 0 Å². The number of piperazine rings is 1. The Morgan fingerprint density at radius 3 is 2.23 bits per heavy atom. The number of carboxylic acids is 1. The Bertz CT molecular complexity index is 1600. The van der Waals surface area contributed by atoms with Gasteiger partial charge in [0.1, 0.15) is 17.7 Å². The molecule has 1 aromatic heterocycles. The third kappa shape index (κ3) is 6.90. The summed E-state index contributed by atoms with van der Waals surface area (Å²) in [7, 11) is 0. The third-order valence-electron chi connectivity index (χ3n) is 6.95. The number of alkyl halides is 3. The number of carboxylic acid groups (broad SMARTS) is 1. The van der Waals surface area contributed by atoms with Crippen LogP contribution in [-0.2, 0) is 17.4 Å². The van der Waals surface area contributed by atoms with Crippen LogP contribution in [0.1, 0.15) is 11.1 Å². The van der Waals surface area contributed by atoms with Crippen molar-refractivity contribution in [1.29, 1.82) is 0 Å². The molecule has 1 saturated heterocycles. The second kappa shape index (κ2) is 12.1. The monoisotopic (exact) mass is 601 g/mol. The van der Waals surface area contributed by atoms with Gasteiger partial charge in [-0.25, -0.2) is 18.4 Å². The van der Waals surface area contributed by atoms with Crippen LogP contribution in [-0.4, -0.2) is 64.4 Å². The van der Waals surface area contributed by atoms with E-state index >= 15 is 4.39 Å². The summed E-state index contributed by atoms with van der Waals surface area (Å²) in [6.07, 6.45) is -4.72. The SMILES string of the molecule is O=C(O)C(Cc1ccc(-c2noc(-c3ccc(C(F)(F)F)cc3)n2)c(F)c1)NC(=O)N1CCN(c2ccc(F)cc2)CC1. The average Bonchev–Trinajstić information content (AvgIpc) is 3.47. The molecule has 224 valence electrons. The summed E-state index contributed by atoms with van der Waals surface area (Å²) in [5, 5.41) is 15.9. The zero-order valence-corrected chi connectivity index (χ0v) is 22.3. The van der Waals surface area contributed by atoms with Gasteiger partial charge in [-0.1, -0.05) is 11.2 Å². The van der Waals surface area contributed by atoms with Crippen molar-refractivity contribution in [3.05, 3.63) is 89.5 Å². The van der Waals surface area contributed by atoms with Gasteiger partial charge in [0.25, 0.3) is 5.89 Å². The lowest BCUT2D eigenvalue weighted by Gasteiger charge is -2.36. The second-order valence-corrected chi connectivity index (χ2v) is 9.81. The molecule has 0 bridgehead atoms. The fourth-order valence-corrected chi connectivity index (χ4v) is 4.61. The van der Waals surface area contributed by atoms with Crippen molar-refractivity contribution in [1.82, 2.24) is 20.4 Å². The minimum Gasteiger partial charge on any atom is -0.480 e. The van der Waals surface area contributed by atoms with Crippen molar-refractivity contribution in [2.45, 2.75) is 18.6 Å². The molecule has 2 N–H and O–H groups in total. The number of anilines is 1. The first kappa shape index (κ1) is 29.5. The Hall–Kier alpha value is -5.01. The Morgan fingerprint density at radius 2 is 1.63 bits per heavy atom. The van der Waals surface area contributed by atoms with Gasteiger partial charge in [-0.05, 0) is 66.2 Å². The number of nitrogens with zero attached hydrogens (tertiary/aromatic N) is 4. The molecule has 1 aliphatic heterocycles. The zero-order chi connectivity index (χ0) is 30.7. The maximum absolute atomic E-state index is 15.0. The summed E-state index contributed by atoms with van der Waals surface area (Å²) in [6, 6.07) is 12.0. The first-order valence-corrected chi connectivity index (χ1v) is 13.1. The normalized spacial score (nSPS) is 14.4. The average molecular weight is 602 g/mol. The van der Waals surface area contributed by atoms with E-state index in [1.807, 2.05) is 4.90 Å². The van der Waals surface area contributed by atoms with Gasteiger partial charge in [0.2, 0.25) is 5.82 Å². The number of carbonyl (C=O) groups is 2. The van der Waals surface area contributed by atoms with Crippen LogP contribution in [0.25, 0.3) is 22.8 Å². The van der Waals surface area contributed by atoms with Gasteiger partial charge in [-0.3, -0.25) is 0 Å². The lowest BCUT2D eigenvalue weighted by atomic mass is 10.0. The minimum absolute atomic E-state index is 0.0689. The molecule has 1 fully saturated rings. The molecule has 0 saturated carbocycles. The van der Waals surface area contributed by atoms with Gasteiger partial charge in [-0.2, -0.15) is 18.2 Å². The van der Waals surface area contributed by atoms with Crippen molar-refractivity contribution in [2.24, 2.45) is 0 Å². The Labute approximate surface area is 241 Å². The Kier molecular flexibility index (Phi) is 8.28. The predicted molar refractivity (Wildman–Crippen MR) is 144 cm³/mol. The number of carbonyl (C=O) groups excluding carboxylic acids is 1. The second-order valence-electron chi connectivity index (χ2n) is 9.81. The van der Waals surface area contributed by atoms with Gasteiger partial charge >= 0.3 is 18.2 Å². The molecular weight excluding hydrogens is 577 g/mol. The van der Waals surface area contributed by atoms with Gasteiger partial charge in [0, 0.05) is 43.9 Å². The number of hydrogen-bond donors (Lipinski definition) is 2. The molecule has 1 unspecified atom stereocenters. The van der Waals surface area contributed by atoms with Crippen molar-refractivity contribution in [2.75, 3.05) is 31.1 Å². The van der Waals surface area contributed by atoms with E-state index < -0.39 is 35.6 Å². The van der Waals surface area contributed by atoms with Gasteiger partial charge in [-0.15, -0.1) is 0 Å². The van der Waals surface area contributed by atoms with Crippen LogP contribution in [0.4, 0.5) is 32.4 Å². The molecule has 4 aromatic rings. The molecular formula is C29H24F5N5O4. The maximum atomic E-state index is 15.0. The van der Waals surface area contributed by atoms with E-state index in [1.54, 1.807) is 12.1 Å². The van der Waals surface area contributed by atoms with Crippen molar-refractivity contribution in [3.8, 4) is 22.8 Å². The fourth-order valence-electron chi connectivity index (χ4n) is 4.61. The molecule has 9 nitrogen and oxygen atoms in total. The summed E-state index contributed by atoms with van der Waals surface area (Å²) < 4.78 is 71.7. The molecule has 3 aromatic carbocycles. The largest absolute Gasteiger partial charge is 0.480 e. The summed E-state index contributed by atoms with van der Waals surface area (Å²) >= 11 is 0. The highest BCUT2D eigenvalue weighted by molar-refractivity contribution is 5.83. The molecule has 14 heteroatoms. The Balaban J connectivity index is 1.20. The number of nitrogens with one attached hydrogen (secondary N) is 1. The van der Waals surface area contributed by atoms with Crippen LogP contribution in [0.3, 0.4) is 0 Å². The number of amides is 2. The van der Waals surface area contributed by atoms with Gasteiger partial charge < -0.3 is 24.7 Å². The third-order valence-corrected chi connectivity index (χ3v) is 6.95. The molecule has 1 atom stereocenters. The van der Waals surface area contributed by atoms with E-state index in [1.165, 1.54) is 29.2 Å². The highest BCUT2D eigenvalue weighted by Gasteiger charge is 2.30. The van der Waals surface area contributed by atoms with E-state index in [4.69, 9.17) is 4.52 Å². The first-order valence-electron chi connectivity index (χ1n) is 13.1. The van der Waals surface area contributed by atoms with Crippen LogP contribution in [0.15, 0.2) is 71.3 Å². The fraction of sp³-hybridized carbons (Fsp3) is 0.241. The molecule has 2 amide bonds. The number of halogens is 5. The molecule has 1 aliphatic rings. The summed E-state index contributed by atoms with van der Waals surface area (Å²) in [5.41, 5.74) is 0.382. The number of aromatic nitrogens is 2. The molecule has 2 heterocycles. The number of aliphatic carboxylic acids is 1. The van der Waals surface area contributed by atoms with Crippen molar-refractivity contribution >= 4 is 17.7 Å². The van der Waals surface area contributed by atoms with E-state index in [9.17, 15) is 32.3 Å². The van der Waals surface area contributed by atoms with Gasteiger partial charge in [0.05, 0.1) is 11.1 Å². The lowest BCUT2D eigenvalue weighted by Crippen LogP contribution is -2.55. The smallest absolute Gasteiger partial charge is 0.416 e. The van der Waals surface area contributed by atoms with E-state index in [0.717, 1.165) is 36.0 Å². The van der Waals surface area contributed by atoms with Gasteiger partial charge in [0.15, 0.2) is 0 Å². The number of benzene rings is 3. The minimum atomic E-state index is -4.51. The zero-order valence-electron chi connectivity index (χ0n) is 22.3. The van der Waals surface area contributed by atoms with E-state index in [-0.39, 0.29) is 40.6 Å². The number of rotatable bonds is 7. The van der Waals surface area contributed by atoms with Crippen LogP contribution in [0, 0.1) is 11.6 Å². The standard InChI is InChI=1S/C29H24F5N5O4/c30-20-6-8-21(9-7-20)38-11-13-39(14-12-38)28(42)35-24(27(40)41)16-17-1-10-22(23(31)15-17)25-36-26(43-37-25)18-2-4-19(5-3-18)29(32,33)34/h1-10,15,24H,11-14,16H2,(H,35,42)(H,40,41). The van der Waals surface area contributed by atoms with Crippen molar-refractivity contribution < 1.29 is 41.2 Å². The molecule has 0 spiro atoms. The Morgan fingerprint density at radius 1 is 0.953 bits per heavy atom. The number of hydrogen-bond acceptors (Lipinski definition) is 6. The molecule has 5 rings (SSSR count). The lowest BCUT2D eigenvalue weighted by molar-refractivity contribution is -0.139. The molecule has 43 heavy (non-hydrogen) atoms. The van der Waals surface area contributed by atoms with Crippen LogP contribution < -0.4 is 10.2 Å². The van der Waals surface area contributed by atoms with Crippen LogP contribution >= 0.6 is 0 Å².